The van der Waals surface area contributed by atoms with E-state index in [-0.39, 0.29) is 5.56 Å². The third-order valence-corrected chi connectivity index (χ3v) is 3.12. The second-order valence-corrected chi connectivity index (χ2v) is 4.76. The average Bonchev–Trinajstić information content (AvgIpc) is 2.89. The Kier molecular flexibility index (Phi) is 4.91. The lowest BCUT2D eigenvalue weighted by molar-refractivity contribution is 0.596. The van der Waals surface area contributed by atoms with Gasteiger partial charge >= 0.3 is 0 Å². The molecule has 0 saturated heterocycles. The van der Waals surface area contributed by atoms with Gasteiger partial charge in [-0.2, -0.15) is 5.26 Å². The van der Waals surface area contributed by atoms with Crippen molar-refractivity contribution in [3.63, 3.8) is 0 Å². The highest BCUT2D eigenvalue weighted by atomic mass is 19.1. The monoisotopic (exact) mass is 271 g/mol. The van der Waals surface area contributed by atoms with E-state index in [9.17, 15) is 4.39 Å². The number of benzene rings is 1. The molecule has 1 heterocycles. The molecule has 1 aromatic heterocycles. The Balaban J connectivity index is 2.06. The lowest BCUT2D eigenvalue weighted by Crippen LogP contribution is -2.13. The standard InChI is InChI=1S/C16H18FN3/c1-2-7-19-10-13-6-8-20(11-13)12-15-5-3-4-14(9-18)16(15)17/h3-6,8,11,19H,2,7,10,12H2,1H3. The fourth-order valence-electron chi connectivity index (χ4n) is 2.09. The van der Waals surface area contributed by atoms with Crippen LogP contribution in [0.25, 0.3) is 0 Å². The SMILES string of the molecule is CCCNCc1ccn(Cc2cccc(C#N)c2F)c1. The van der Waals surface area contributed by atoms with Gasteiger partial charge in [0.2, 0.25) is 0 Å². The van der Waals surface area contributed by atoms with Gasteiger partial charge in [0, 0.05) is 31.0 Å². The summed E-state index contributed by atoms with van der Waals surface area (Å²) in [5.74, 6) is -0.422. The molecule has 0 aliphatic rings. The molecule has 0 aliphatic carbocycles. The largest absolute Gasteiger partial charge is 0.349 e. The average molecular weight is 271 g/mol. The van der Waals surface area contributed by atoms with Crippen LogP contribution >= 0.6 is 0 Å². The van der Waals surface area contributed by atoms with E-state index < -0.39 is 5.82 Å². The first-order chi connectivity index (χ1) is 9.74. The number of nitrogens with one attached hydrogen (secondary N) is 1. The maximum Gasteiger partial charge on any atom is 0.145 e. The molecular weight excluding hydrogens is 253 g/mol. The van der Waals surface area contributed by atoms with Crippen molar-refractivity contribution >= 4 is 0 Å². The van der Waals surface area contributed by atoms with Crippen molar-refractivity contribution in [3.8, 4) is 6.07 Å². The van der Waals surface area contributed by atoms with Crippen LogP contribution in [0.3, 0.4) is 0 Å². The molecule has 2 aromatic rings. The van der Waals surface area contributed by atoms with Crippen LogP contribution in [0.1, 0.15) is 30.0 Å². The van der Waals surface area contributed by atoms with Crippen LogP contribution in [0.5, 0.6) is 0 Å². The second kappa shape index (κ2) is 6.88. The molecule has 0 fully saturated rings. The fourth-order valence-corrected chi connectivity index (χ4v) is 2.09. The molecule has 1 N–H and O–H groups in total. The van der Waals surface area contributed by atoms with Crippen LogP contribution in [0.4, 0.5) is 4.39 Å². The maximum absolute atomic E-state index is 14.0. The molecule has 2 rings (SSSR count). The summed E-state index contributed by atoms with van der Waals surface area (Å²) in [6.07, 6.45) is 5.04. The Morgan fingerprint density at radius 2 is 2.20 bits per heavy atom. The first-order valence-electron chi connectivity index (χ1n) is 6.77. The first-order valence-corrected chi connectivity index (χ1v) is 6.77. The van der Waals surface area contributed by atoms with Gasteiger partial charge in [-0.25, -0.2) is 4.39 Å². The summed E-state index contributed by atoms with van der Waals surface area (Å²) in [5, 5.41) is 12.2. The minimum Gasteiger partial charge on any atom is -0.349 e. The number of aromatic nitrogens is 1. The molecule has 0 unspecified atom stereocenters. The van der Waals surface area contributed by atoms with Crippen LogP contribution in [-0.2, 0) is 13.1 Å². The van der Waals surface area contributed by atoms with E-state index >= 15 is 0 Å². The van der Waals surface area contributed by atoms with Gasteiger partial charge in [-0.1, -0.05) is 19.1 Å². The third kappa shape index (κ3) is 3.46. The summed E-state index contributed by atoms with van der Waals surface area (Å²) in [4.78, 5) is 0. The Labute approximate surface area is 118 Å². The zero-order valence-corrected chi connectivity index (χ0v) is 11.6. The third-order valence-electron chi connectivity index (χ3n) is 3.12. The number of nitriles is 1. The zero-order chi connectivity index (χ0) is 14.4. The predicted octanol–water partition coefficient (Wildman–Crippen LogP) is 3.05. The highest BCUT2D eigenvalue weighted by molar-refractivity contribution is 5.35. The van der Waals surface area contributed by atoms with Gasteiger partial charge in [-0.05, 0) is 30.7 Å². The van der Waals surface area contributed by atoms with Gasteiger partial charge in [0.15, 0.2) is 0 Å². The van der Waals surface area contributed by atoms with Crippen molar-refractivity contribution in [1.29, 1.82) is 5.26 Å². The van der Waals surface area contributed by atoms with Gasteiger partial charge < -0.3 is 9.88 Å². The van der Waals surface area contributed by atoms with Crippen LogP contribution in [0.2, 0.25) is 0 Å². The van der Waals surface area contributed by atoms with Crippen LogP contribution in [0.15, 0.2) is 36.7 Å². The van der Waals surface area contributed by atoms with E-state index in [4.69, 9.17) is 5.26 Å². The molecule has 0 saturated carbocycles. The van der Waals surface area contributed by atoms with Crippen LogP contribution < -0.4 is 5.32 Å². The highest BCUT2D eigenvalue weighted by Gasteiger charge is 2.08. The topological polar surface area (TPSA) is 40.8 Å². The van der Waals surface area contributed by atoms with Gasteiger partial charge in [-0.3, -0.25) is 0 Å². The van der Waals surface area contributed by atoms with E-state index in [1.165, 1.54) is 11.6 Å². The number of hydrogen-bond acceptors (Lipinski definition) is 2. The van der Waals surface area contributed by atoms with Crippen molar-refractivity contribution in [2.45, 2.75) is 26.4 Å². The molecule has 0 amide bonds. The van der Waals surface area contributed by atoms with Gasteiger partial charge in [0.25, 0.3) is 0 Å². The van der Waals surface area contributed by atoms with Gasteiger partial charge in [0.1, 0.15) is 11.9 Å². The summed E-state index contributed by atoms with van der Waals surface area (Å²) in [7, 11) is 0. The van der Waals surface area contributed by atoms with Gasteiger partial charge in [0.05, 0.1) is 5.56 Å². The van der Waals surface area contributed by atoms with Crippen LogP contribution in [-0.4, -0.2) is 11.1 Å². The number of halogens is 1. The lowest BCUT2D eigenvalue weighted by Gasteiger charge is -2.06. The molecule has 104 valence electrons. The van der Waals surface area contributed by atoms with Crippen molar-refractivity contribution in [3.05, 3.63) is 59.2 Å². The van der Waals surface area contributed by atoms with E-state index in [0.717, 1.165) is 19.5 Å². The highest BCUT2D eigenvalue weighted by Crippen LogP contribution is 2.14. The summed E-state index contributed by atoms with van der Waals surface area (Å²) in [6.45, 7) is 4.38. The molecule has 0 atom stereocenters. The normalized spacial score (nSPS) is 10.4. The van der Waals surface area contributed by atoms with Crippen molar-refractivity contribution in [2.24, 2.45) is 0 Å². The quantitative estimate of drug-likeness (QED) is 0.820. The zero-order valence-electron chi connectivity index (χ0n) is 11.6. The number of rotatable bonds is 6. The molecule has 0 aliphatic heterocycles. The van der Waals surface area contributed by atoms with Crippen molar-refractivity contribution in [2.75, 3.05) is 6.54 Å². The molecule has 1 aromatic carbocycles. The summed E-state index contributed by atoms with van der Waals surface area (Å²) in [5.41, 5.74) is 1.81. The smallest absolute Gasteiger partial charge is 0.145 e. The second-order valence-electron chi connectivity index (χ2n) is 4.76. The van der Waals surface area contributed by atoms with Gasteiger partial charge in [-0.15, -0.1) is 0 Å². The Bertz CT molecular complexity index is 610. The van der Waals surface area contributed by atoms with Crippen molar-refractivity contribution in [1.82, 2.24) is 9.88 Å². The first kappa shape index (κ1) is 14.3. The molecule has 0 spiro atoms. The van der Waals surface area contributed by atoms with Crippen molar-refractivity contribution < 1.29 is 4.39 Å². The van der Waals surface area contributed by atoms with Crippen LogP contribution in [0, 0.1) is 17.1 Å². The lowest BCUT2D eigenvalue weighted by atomic mass is 10.1. The number of hydrogen-bond donors (Lipinski definition) is 1. The molecular formula is C16H18FN3. The maximum atomic E-state index is 14.0. The molecule has 20 heavy (non-hydrogen) atoms. The summed E-state index contributed by atoms with van der Waals surface area (Å²) >= 11 is 0. The summed E-state index contributed by atoms with van der Waals surface area (Å²) < 4.78 is 15.9. The van der Waals surface area contributed by atoms with E-state index in [1.807, 2.05) is 29.1 Å². The molecule has 4 heteroatoms. The Morgan fingerprint density at radius 1 is 1.35 bits per heavy atom. The minimum atomic E-state index is -0.422. The van der Waals surface area contributed by atoms with E-state index in [2.05, 4.69) is 12.2 Å². The predicted molar refractivity (Wildman–Crippen MR) is 76.6 cm³/mol. The Hall–Kier alpha value is -2.12. The molecule has 0 radical (unpaired) electrons. The Morgan fingerprint density at radius 3 is 2.95 bits per heavy atom. The molecule has 0 bridgehead atoms. The van der Waals surface area contributed by atoms with E-state index in [0.29, 0.717) is 12.1 Å². The fraction of sp³-hybridized carbons (Fsp3) is 0.312. The number of nitrogens with zero attached hydrogens (tertiary/aromatic N) is 2. The minimum absolute atomic E-state index is 0.0968. The molecule has 3 nitrogen and oxygen atoms in total. The van der Waals surface area contributed by atoms with E-state index in [1.54, 1.807) is 12.1 Å². The summed E-state index contributed by atoms with van der Waals surface area (Å²) in [6, 6.07) is 8.81.